The zero-order chi connectivity index (χ0) is 10.5. The van der Waals surface area contributed by atoms with Crippen molar-refractivity contribution in [2.24, 2.45) is 0 Å². The lowest BCUT2D eigenvalue weighted by atomic mass is 10.8. The van der Waals surface area contributed by atoms with Gasteiger partial charge in [0.2, 0.25) is 0 Å². The standard InChI is InChI=1S/C4H8BrClF2O3PS/c1-2-10-12(9,13-6)11-4(7,8)3-5/h9H,2-3H2,1H3/q+1. The zero-order valence-electron chi connectivity index (χ0n) is 6.55. The largest absolute Gasteiger partial charge is 0.549 e. The summed E-state index contributed by atoms with van der Waals surface area (Å²) >= 11 is 2.53. The van der Waals surface area contributed by atoms with Crippen molar-refractivity contribution in [1.82, 2.24) is 0 Å². The number of halogens is 4. The van der Waals surface area contributed by atoms with E-state index in [1.54, 1.807) is 0 Å². The first kappa shape index (κ1) is 14.2. The number of hydrogen-bond donors (Lipinski definition) is 1. The van der Waals surface area contributed by atoms with E-state index in [2.05, 4.69) is 25.0 Å². The molecule has 0 saturated heterocycles. The maximum Gasteiger partial charge on any atom is 0.549 e. The second-order valence-corrected chi connectivity index (χ2v) is 6.93. The topological polar surface area (TPSA) is 38.7 Å². The van der Waals surface area contributed by atoms with Gasteiger partial charge in [-0.25, -0.2) is 4.52 Å². The first-order chi connectivity index (χ1) is 5.89. The Morgan fingerprint density at radius 2 is 2.23 bits per heavy atom. The molecule has 1 unspecified atom stereocenters. The highest BCUT2D eigenvalue weighted by Gasteiger charge is 2.44. The molecule has 0 saturated carbocycles. The highest BCUT2D eigenvalue weighted by atomic mass is 79.9. The van der Waals surface area contributed by atoms with Gasteiger partial charge < -0.3 is 0 Å². The summed E-state index contributed by atoms with van der Waals surface area (Å²) in [6, 6.07) is 0. The van der Waals surface area contributed by atoms with E-state index in [0.29, 0.717) is 0 Å². The van der Waals surface area contributed by atoms with Gasteiger partial charge in [-0.2, -0.15) is 8.78 Å². The summed E-state index contributed by atoms with van der Waals surface area (Å²) in [5, 5.41) is -0.729. The normalized spacial score (nSPS) is 16.8. The van der Waals surface area contributed by atoms with Crippen LogP contribution in [0.5, 0.6) is 0 Å². The molecular weight excluding hydrogens is 312 g/mol. The van der Waals surface area contributed by atoms with Gasteiger partial charge in [-0.3, -0.25) is 9.42 Å². The molecule has 0 aliphatic carbocycles. The second-order valence-electron chi connectivity index (χ2n) is 1.82. The molecule has 0 radical (unpaired) electrons. The van der Waals surface area contributed by atoms with Crippen molar-refractivity contribution in [2.75, 3.05) is 11.9 Å². The molecule has 13 heavy (non-hydrogen) atoms. The Labute approximate surface area is 91.2 Å². The van der Waals surface area contributed by atoms with Crippen molar-refractivity contribution >= 4 is 43.5 Å². The van der Waals surface area contributed by atoms with Crippen LogP contribution < -0.4 is 0 Å². The summed E-state index contributed by atoms with van der Waals surface area (Å²) in [4.78, 5) is 9.28. The van der Waals surface area contributed by atoms with Crippen LogP contribution in [0.3, 0.4) is 0 Å². The Morgan fingerprint density at radius 1 is 1.69 bits per heavy atom. The smallest absolute Gasteiger partial charge is 0.288 e. The number of hydrogen-bond acceptors (Lipinski definition) is 2. The third-order valence-electron chi connectivity index (χ3n) is 0.784. The van der Waals surface area contributed by atoms with Crippen LogP contribution in [0.2, 0.25) is 0 Å². The van der Waals surface area contributed by atoms with E-state index < -0.39 is 18.2 Å². The molecule has 0 fully saturated rings. The lowest BCUT2D eigenvalue weighted by molar-refractivity contribution is -0.160. The molecule has 9 heteroatoms. The van der Waals surface area contributed by atoms with Gasteiger partial charge in [0, 0.05) is 0 Å². The summed E-state index contributed by atoms with van der Waals surface area (Å²) < 4.78 is 33.9. The van der Waals surface area contributed by atoms with Crippen LogP contribution in [0.25, 0.3) is 0 Å². The van der Waals surface area contributed by atoms with Crippen molar-refractivity contribution < 1.29 is 22.7 Å². The summed E-state index contributed by atoms with van der Waals surface area (Å²) in [6.45, 7) is -2.11. The molecule has 0 amide bonds. The summed E-state index contributed by atoms with van der Waals surface area (Å²) in [6.07, 6.45) is -3.49. The minimum absolute atomic E-state index is 0.0440. The fourth-order valence-corrected chi connectivity index (χ4v) is 3.02. The van der Waals surface area contributed by atoms with Crippen LogP contribution >= 0.6 is 33.3 Å². The molecule has 1 atom stereocenters. The van der Waals surface area contributed by atoms with Crippen molar-refractivity contribution in [3.05, 3.63) is 0 Å². The van der Waals surface area contributed by atoms with Crippen molar-refractivity contribution in [3.8, 4) is 0 Å². The summed E-state index contributed by atoms with van der Waals surface area (Å²) in [5.74, 6) is 0. The van der Waals surface area contributed by atoms with Crippen LogP contribution in [-0.4, -0.2) is 22.9 Å². The van der Waals surface area contributed by atoms with Crippen LogP contribution in [0.4, 0.5) is 8.78 Å². The predicted molar refractivity (Wildman–Crippen MR) is 53.8 cm³/mol. The third-order valence-corrected chi connectivity index (χ3v) is 5.33. The van der Waals surface area contributed by atoms with Gasteiger partial charge in [-0.15, -0.1) is 0 Å². The van der Waals surface area contributed by atoms with E-state index in [1.165, 1.54) is 6.92 Å². The minimum atomic E-state index is -3.69. The Balaban J connectivity index is 4.46. The summed E-state index contributed by atoms with van der Waals surface area (Å²) in [7, 11) is 5.40. The fraction of sp³-hybridized carbons (Fsp3) is 1.00. The lowest BCUT2D eigenvalue weighted by Crippen LogP contribution is -2.21. The maximum absolute atomic E-state index is 12.6. The Bertz CT molecular complexity index is 218. The highest BCUT2D eigenvalue weighted by Crippen LogP contribution is 2.51. The Kier molecular flexibility index (Phi) is 6.43. The van der Waals surface area contributed by atoms with Crippen LogP contribution in [0.15, 0.2) is 0 Å². The average molecular weight is 320 g/mol. The van der Waals surface area contributed by atoms with E-state index in [-0.39, 0.29) is 16.8 Å². The van der Waals surface area contributed by atoms with Crippen LogP contribution in [-0.2, 0) is 19.2 Å². The van der Waals surface area contributed by atoms with E-state index in [4.69, 9.17) is 10.7 Å². The van der Waals surface area contributed by atoms with Gasteiger partial charge in [0.15, 0.2) is 0 Å². The van der Waals surface area contributed by atoms with Crippen molar-refractivity contribution in [3.63, 3.8) is 0 Å². The highest BCUT2D eigenvalue weighted by molar-refractivity contribution is 9.09. The second kappa shape index (κ2) is 5.90. The minimum Gasteiger partial charge on any atom is -0.288 e. The Morgan fingerprint density at radius 3 is 2.54 bits per heavy atom. The molecular formula is C4H8BrClF2O3PS+. The molecule has 0 rings (SSSR count). The van der Waals surface area contributed by atoms with E-state index in [0.717, 1.165) is 0 Å². The average Bonchev–Trinajstić information content (AvgIpc) is 2.04. The van der Waals surface area contributed by atoms with Crippen LogP contribution in [0, 0.1) is 0 Å². The van der Waals surface area contributed by atoms with Gasteiger partial charge in [-0.1, -0.05) is 15.9 Å². The third kappa shape index (κ3) is 5.57. The van der Waals surface area contributed by atoms with E-state index in [9.17, 15) is 13.7 Å². The van der Waals surface area contributed by atoms with Gasteiger partial charge >= 0.3 is 23.0 Å². The zero-order valence-corrected chi connectivity index (χ0v) is 10.6. The summed E-state index contributed by atoms with van der Waals surface area (Å²) in [5.41, 5.74) is 0. The molecule has 0 aromatic heterocycles. The van der Waals surface area contributed by atoms with Crippen LogP contribution in [0.1, 0.15) is 6.92 Å². The van der Waals surface area contributed by atoms with Gasteiger partial charge in [0.25, 0.3) is 10.7 Å². The molecule has 3 nitrogen and oxygen atoms in total. The molecule has 80 valence electrons. The lowest BCUT2D eigenvalue weighted by Gasteiger charge is -2.14. The molecule has 0 aromatic rings. The Hall–Kier alpha value is 1.16. The first-order valence-electron chi connectivity index (χ1n) is 3.10. The SMILES string of the molecule is CCOP(O)(OC(F)(F)CBr)=[S+]Cl. The quantitative estimate of drug-likeness (QED) is 0.481. The van der Waals surface area contributed by atoms with E-state index >= 15 is 0 Å². The van der Waals surface area contributed by atoms with Gasteiger partial charge in [0.1, 0.15) is 0 Å². The van der Waals surface area contributed by atoms with Gasteiger partial charge in [-0.05, 0) is 6.92 Å². The number of rotatable bonds is 5. The molecule has 0 aromatic carbocycles. The first-order valence-corrected chi connectivity index (χ1v) is 8.05. The maximum atomic E-state index is 12.6. The fourth-order valence-electron chi connectivity index (χ4n) is 0.417. The van der Waals surface area contributed by atoms with E-state index in [1.807, 2.05) is 0 Å². The molecule has 0 aliphatic rings. The van der Waals surface area contributed by atoms with Crippen molar-refractivity contribution in [1.29, 1.82) is 0 Å². The molecule has 0 heterocycles. The van der Waals surface area contributed by atoms with Gasteiger partial charge in [0.05, 0.1) is 11.9 Å². The number of alkyl halides is 3. The molecule has 0 aliphatic heterocycles. The molecule has 0 spiro atoms. The van der Waals surface area contributed by atoms with Crippen molar-refractivity contribution in [2.45, 2.75) is 13.0 Å². The predicted octanol–water partition coefficient (Wildman–Crippen LogP) is 2.93. The monoisotopic (exact) mass is 319 g/mol. The molecule has 1 N–H and O–H groups in total. The molecule has 0 bridgehead atoms.